The first kappa shape index (κ1) is 37.3. The molecule has 0 unspecified atom stereocenters. The summed E-state index contributed by atoms with van der Waals surface area (Å²) in [7, 11) is -1.30. The van der Waals surface area contributed by atoms with Crippen molar-refractivity contribution in [3.63, 3.8) is 0 Å². The van der Waals surface area contributed by atoms with Crippen molar-refractivity contribution in [3.05, 3.63) is 108 Å². The molecule has 1 N–H and O–H groups in total. The number of rotatable bonds is 13. The van der Waals surface area contributed by atoms with Crippen molar-refractivity contribution in [2.45, 2.75) is 84.0 Å². The third-order valence-electron chi connectivity index (χ3n) is 9.51. The molecule has 1 aromatic heterocycles. The van der Waals surface area contributed by atoms with Crippen LogP contribution in [0.25, 0.3) is 33.3 Å². The second-order valence-electron chi connectivity index (χ2n) is 14.5. The highest BCUT2D eigenvalue weighted by atomic mass is 28.4. The summed E-state index contributed by atoms with van der Waals surface area (Å²) in [4.78, 5) is 23.4. The summed E-state index contributed by atoms with van der Waals surface area (Å²) < 4.78 is 18.4. The van der Waals surface area contributed by atoms with E-state index in [0.717, 1.165) is 38.8 Å². The van der Waals surface area contributed by atoms with E-state index in [0.29, 0.717) is 36.7 Å². The zero-order chi connectivity index (χ0) is 36.1. The highest BCUT2D eigenvalue weighted by molar-refractivity contribution is 6.74. The van der Waals surface area contributed by atoms with Crippen LogP contribution in [-0.4, -0.2) is 50.0 Å². The van der Waals surface area contributed by atoms with Gasteiger partial charge in [-0.05, 0) is 65.3 Å². The van der Waals surface area contributed by atoms with E-state index in [2.05, 4.69) is 95.5 Å². The number of hydrogen-bond acceptors (Lipinski definition) is 6. The average molecular weight is 718 g/mol. The highest BCUT2D eigenvalue weighted by Crippen LogP contribution is 2.38. The van der Waals surface area contributed by atoms with Crippen molar-refractivity contribution in [3.8, 4) is 28.3 Å². The molecule has 7 nitrogen and oxygen atoms in total. The number of hydrogen-bond donors (Lipinski definition) is 1. The molecule has 0 atom stereocenters. The van der Waals surface area contributed by atoms with E-state index >= 15 is 0 Å². The smallest absolute Gasteiger partial charge is 0.250 e. The summed E-state index contributed by atoms with van der Waals surface area (Å²) in [6, 6.07) is 30.4. The lowest BCUT2D eigenvalue weighted by Crippen LogP contribution is -2.43. The van der Waals surface area contributed by atoms with Crippen LogP contribution in [0, 0.1) is 0 Å². The molecule has 258 valence electrons. The quantitative estimate of drug-likeness (QED) is 0.0966. The van der Waals surface area contributed by atoms with Crippen molar-refractivity contribution in [2.75, 3.05) is 5.32 Å². The molecule has 5 rings (SSSR count). The number of benzene rings is 4. The summed E-state index contributed by atoms with van der Waals surface area (Å²) in [5.74, 6) is 1.09. The van der Waals surface area contributed by atoms with Gasteiger partial charge in [0.1, 0.15) is 17.7 Å². The lowest BCUT2D eigenvalue weighted by molar-refractivity contribution is -0.115. The molecular weight excluding hydrogens is 671 g/mol. The fourth-order valence-electron chi connectivity index (χ4n) is 5.46. The number of nitrogens with one attached hydrogen (secondary N) is 1. The first-order valence-corrected chi connectivity index (χ1v) is 22.6. The van der Waals surface area contributed by atoms with Gasteiger partial charge in [0, 0.05) is 16.5 Å². The largest absolute Gasteiger partial charge is 0.544 e. The fourth-order valence-corrected chi connectivity index (χ4v) is 7.70. The van der Waals surface area contributed by atoms with Crippen LogP contribution in [0.2, 0.25) is 31.2 Å². The summed E-state index contributed by atoms with van der Waals surface area (Å²) >= 11 is 0. The minimum Gasteiger partial charge on any atom is -0.544 e. The summed E-state index contributed by atoms with van der Waals surface area (Å²) in [5, 5.41) is 5.29. The maximum absolute atomic E-state index is 13.5. The molecule has 4 radical (unpaired) electrons. The van der Waals surface area contributed by atoms with E-state index in [9.17, 15) is 4.79 Å². The Labute approximate surface area is 303 Å². The molecule has 50 heavy (non-hydrogen) atoms. The minimum atomic E-state index is -1.96. The Kier molecular flexibility index (Phi) is 11.6. The van der Waals surface area contributed by atoms with E-state index in [1.54, 1.807) is 6.20 Å². The maximum atomic E-state index is 13.5. The monoisotopic (exact) mass is 717 g/mol. The first-order valence-electron chi connectivity index (χ1n) is 16.9. The van der Waals surface area contributed by atoms with E-state index in [1.165, 1.54) is 0 Å². The lowest BCUT2D eigenvalue weighted by Gasteiger charge is -2.36. The van der Waals surface area contributed by atoms with Crippen molar-refractivity contribution in [1.29, 1.82) is 0 Å². The number of anilines is 1. The Morgan fingerprint density at radius 2 is 1.48 bits per heavy atom. The van der Waals surface area contributed by atoms with Crippen LogP contribution in [0.1, 0.15) is 45.7 Å². The predicted molar refractivity (Wildman–Crippen MR) is 209 cm³/mol. The van der Waals surface area contributed by atoms with Gasteiger partial charge >= 0.3 is 0 Å². The van der Waals surface area contributed by atoms with E-state index in [-0.39, 0.29) is 29.1 Å². The van der Waals surface area contributed by atoms with Crippen LogP contribution in [-0.2, 0) is 25.5 Å². The van der Waals surface area contributed by atoms with Crippen LogP contribution >= 0.6 is 0 Å². The van der Waals surface area contributed by atoms with Gasteiger partial charge in [-0.3, -0.25) is 4.79 Å². The predicted octanol–water partition coefficient (Wildman–Crippen LogP) is 9.50. The maximum Gasteiger partial charge on any atom is 0.250 e. The van der Waals surface area contributed by atoms with Crippen LogP contribution in [0.15, 0.2) is 97.2 Å². The second-order valence-corrected chi connectivity index (χ2v) is 20.5. The Morgan fingerprint density at radius 1 is 0.840 bits per heavy atom. The number of nitrogens with zero attached hydrogens (tertiary/aromatic N) is 2. The Morgan fingerprint density at radius 3 is 2.12 bits per heavy atom. The van der Waals surface area contributed by atoms with Crippen molar-refractivity contribution in [2.24, 2.45) is 0 Å². The normalized spacial score (nSPS) is 12.4. The number of carbonyl (C=O) groups excluding carboxylic acids is 1. The van der Waals surface area contributed by atoms with Crippen molar-refractivity contribution < 1.29 is 18.1 Å². The SMILES string of the molecule is C[Si]OC(O[Si]C)C(C)(C)c1ccc(-c2cnc(NC(=O)Cc3ccc(O[Si](C)(C)C(C)(C)C)cc3)c(-c3cccc4ccccc34)n2)cc1. The van der Waals surface area contributed by atoms with Crippen molar-refractivity contribution >= 4 is 50.3 Å². The van der Waals surface area contributed by atoms with Gasteiger partial charge in [0.2, 0.25) is 33.8 Å². The Bertz CT molecular complexity index is 1910. The molecule has 1 amide bonds. The number of aromatic nitrogens is 2. The summed E-state index contributed by atoms with van der Waals surface area (Å²) in [6.45, 7) is 19.4. The second kappa shape index (κ2) is 15.5. The van der Waals surface area contributed by atoms with Gasteiger partial charge in [0.15, 0.2) is 5.82 Å². The minimum absolute atomic E-state index is 0.0990. The van der Waals surface area contributed by atoms with Gasteiger partial charge in [-0.2, -0.15) is 0 Å². The molecule has 1 heterocycles. The Balaban J connectivity index is 1.44. The topological polar surface area (TPSA) is 82.6 Å². The average Bonchev–Trinajstić information content (AvgIpc) is 3.08. The van der Waals surface area contributed by atoms with Gasteiger partial charge in [-0.15, -0.1) is 0 Å². The zero-order valence-corrected chi connectivity index (χ0v) is 33.5. The van der Waals surface area contributed by atoms with Crippen molar-refractivity contribution in [1.82, 2.24) is 9.97 Å². The molecule has 10 heteroatoms. The molecule has 0 spiro atoms. The van der Waals surface area contributed by atoms with Gasteiger partial charge < -0.3 is 18.6 Å². The van der Waals surface area contributed by atoms with Gasteiger partial charge in [-0.25, -0.2) is 9.97 Å². The van der Waals surface area contributed by atoms with Gasteiger partial charge in [0.25, 0.3) is 0 Å². The zero-order valence-electron chi connectivity index (χ0n) is 30.5. The molecule has 0 fully saturated rings. The number of carbonyl (C=O) groups is 1. The molecule has 5 aromatic rings. The molecule has 0 aliphatic rings. The molecule has 0 aliphatic heterocycles. The molecule has 0 aliphatic carbocycles. The molecule has 0 saturated heterocycles. The molecular formula is C40H47N3O4Si3. The first-order chi connectivity index (χ1) is 23.7. The van der Waals surface area contributed by atoms with Gasteiger partial charge in [-0.1, -0.05) is 113 Å². The standard InChI is InChI=1S/C40H47N3O4Si3/c1-39(2,3)50(8,9)47-31-23-17-27(18-24-31)25-35(44)43-37-36(33-16-12-14-28-13-10-11-15-32(28)33)42-34(26-41-37)29-19-21-30(22-20-29)40(4,5)38(45-48-6)46-49-7/h10-24,26,38H,25H2,1-9H3,(H,41,43,44). The van der Waals surface area contributed by atoms with Crippen LogP contribution in [0.5, 0.6) is 5.75 Å². The third-order valence-corrected chi connectivity index (χ3v) is 14.8. The number of fused-ring (bicyclic) bond motifs is 1. The van der Waals surface area contributed by atoms with Crippen LogP contribution in [0.4, 0.5) is 5.82 Å². The fraction of sp³-hybridized carbons (Fsp3) is 0.325. The van der Waals surface area contributed by atoms with Crippen LogP contribution < -0.4 is 9.74 Å². The molecule has 4 aromatic carbocycles. The molecule has 0 bridgehead atoms. The lowest BCUT2D eigenvalue weighted by atomic mass is 9.83. The van der Waals surface area contributed by atoms with E-state index < -0.39 is 8.32 Å². The third kappa shape index (κ3) is 8.50. The summed E-state index contributed by atoms with van der Waals surface area (Å²) in [5.41, 5.74) is 4.79. The van der Waals surface area contributed by atoms with Crippen LogP contribution in [0.3, 0.4) is 0 Å². The van der Waals surface area contributed by atoms with E-state index in [1.807, 2.05) is 61.6 Å². The Hall–Kier alpha value is -3.94. The number of amides is 1. The summed E-state index contributed by atoms with van der Waals surface area (Å²) in [6.07, 6.45) is 1.58. The van der Waals surface area contributed by atoms with E-state index in [4.69, 9.17) is 23.2 Å². The molecule has 0 saturated carbocycles. The van der Waals surface area contributed by atoms with Gasteiger partial charge in [0.05, 0.1) is 18.3 Å². The highest BCUT2D eigenvalue weighted by Gasteiger charge is 2.39.